The third kappa shape index (κ3) is 1.88. The summed E-state index contributed by atoms with van der Waals surface area (Å²) in [6.45, 7) is -1.96. The van der Waals surface area contributed by atoms with Crippen LogP contribution in [0.1, 0.15) is 39.6 Å². The van der Waals surface area contributed by atoms with Crippen molar-refractivity contribution in [2.45, 2.75) is 43.7 Å². The Morgan fingerprint density at radius 1 is 1.45 bits per heavy atom. The molecular weight excluding hydrogens is 344 g/mol. The summed E-state index contributed by atoms with van der Waals surface area (Å²) in [5.74, 6) is 0. The van der Waals surface area contributed by atoms with E-state index in [1.807, 2.05) is 12.1 Å². The van der Waals surface area contributed by atoms with Gasteiger partial charge >= 0.3 is 0 Å². The summed E-state index contributed by atoms with van der Waals surface area (Å²) in [6, 6.07) is 6.00. The second-order valence-electron chi connectivity index (χ2n) is 6.56. The molecule has 3 aliphatic rings. The second kappa shape index (κ2) is 4.96. The average molecular weight is 367 g/mol. The van der Waals surface area contributed by atoms with Crippen LogP contribution in [-0.2, 0) is 21.4 Å². The summed E-state index contributed by atoms with van der Waals surface area (Å²) < 4.78 is 29.1. The molecule has 1 aromatic rings. The lowest BCUT2D eigenvalue weighted by Gasteiger charge is -2.45. The summed E-state index contributed by atoms with van der Waals surface area (Å²) in [5.41, 5.74) is 6.49. The molecule has 1 aliphatic heterocycles. The van der Waals surface area contributed by atoms with Crippen LogP contribution >= 0.6 is 15.9 Å². The normalized spacial score (nSPS) is 40.1. The SMILES string of the molecule is [2H]C1([2H])OC(N)=NC12c1cc(Br)ccc1CC21CCC(OC)CC1. The zero-order chi connectivity index (χ0) is 17.2. The topological polar surface area (TPSA) is 56.8 Å². The Morgan fingerprint density at radius 2 is 2.23 bits per heavy atom. The van der Waals surface area contributed by atoms with Gasteiger partial charge in [0.05, 0.1) is 8.85 Å². The van der Waals surface area contributed by atoms with Crippen molar-refractivity contribution in [2.24, 2.45) is 16.1 Å². The molecule has 0 aromatic heterocycles. The fourth-order valence-electron chi connectivity index (χ4n) is 4.42. The molecule has 22 heavy (non-hydrogen) atoms. The number of benzene rings is 1. The maximum atomic E-state index is 8.62. The maximum absolute atomic E-state index is 8.62. The van der Waals surface area contributed by atoms with Crippen LogP contribution in [0.4, 0.5) is 0 Å². The molecule has 5 heteroatoms. The van der Waals surface area contributed by atoms with Crippen LogP contribution in [0.15, 0.2) is 27.7 Å². The first-order valence-electron chi connectivity index (χ1n) is 8.70. The first kappa shape index (κ1) is 12.4. The van der Waals surface area contributed by atoms with E-state index in [4.69, 9.17) is 17.9 Å². The van der Waals surface area contributed by atoms with Gasteiger partial charge in [-0.1, -0.05) is 22.0 Å². The van der Waals surface area contributed by atoms with E-state index in [0.29, 0.717) is 0 Å². The molecule has 4 nitrogen and oxygen atoms in total. The van der Waals surface area contributed by atoms with E-state index in [9.17, 15) is 0 Å². The Morgan fingerprint density at radius 3 is 2.86 bits per heavy atom. The van der Waals surface area contributed by atoms with Crippen LogP contribution in [-0.4, -0.2) is 25.8 Å². The Hall–Kier alpha value is -1.07. The average Bonchev–Trinajstić information content (AvgIpc) is 2.93. The predicted molar refractivity (Wildman–Crippen MR) is 88.8 cm³/mol. The van der Waals surface area contributed by atoms with Gasteiger partial charge in [0, 0.05) is 17.0 Å². The van der Waals surface area contributed by atoms with Gasteiger partial charge in [0.1, 0.15) is 12.1 Å². The number of nitrogens with two attached hydrogens (primary N) is 1. The summed E-state index contributed by atoms with van der Waals surface area (Å²) in [5, 5.41) is 0. The highest BCUT2D eigenvalue weighted by molar-refractivity contribution is 9.10. The predicted octanol–water partition coefficient (Wildman–Crippen LogP) is 3.12. The Labute approximate surface area is 142 Å². The van der Waals surface area contributed by atoms with Crippen molar-refractivity contribution in [1.82, 2.24) is 0 Å². The Bertz CT molecular complexity index is 717. The van der Waals surface area contributed by atoms with Gasteiger partial charge in [-0.2, -0.15) is 0 Å². The minimum atomic E-state index is -1.96. The van der Waals surface area contributed by atoms with Crippen molar-refractivity contribution in [3.8, 4) is 0 Å². The van der Waals surface area contributed by atoms with E-state index >= 15 is 0 Å². The van der Waals surface area contributed by atoms with E-state index in [2.05, 4.69) is 27.0 Å². The first-order valence-corrected chi connectivity index (χ1v) is 8.49. The lowest BCUT2D eigenvalue weighted by atomic mass is 9.62. The first-order chi connectivity index (χ1) is 11.3. The van der Waals surface area contributed by atoms with Gasteiger partial charge < -0.3 is 15.2 Å². The number of fused-ring (bicyclic) bond motifs is 3. The highest BCUT2D eigenvalue weighted by atomic mass is 79.9. The van der Waals surface area contributed by atoms with Crippen molar-refractivity contribution in [1.29, 1.82) is 0 Å². The van der Waals surface area contributed by atoms with E-state index in [1.54, 1.807) is 7.11 Å². The third-order valence-electron chi connectivity index (χ3n) is 5.56. The standard InChI is InChI=1S/C17H21BrN2O2/c1-21-13-4-6-16(7-5-13)9-11-2-3-12(18)8-14(11)17(16)10-22-15(19)20-17/h2-3,8,13H,4-7,9-10H2,1H3,(H2,19,20)/i10D2. The van der Waals surface area contributed by atoms with Gasteiger partial charge in [-0.15, -0.1) is 0 Å². The van der Waals surface area contributed by atoms with Crippen molar-refractivity contribution in [3.05, 3.63) is 33.8 Å². The molecular formula is C17H21BrN2O2. The fraction of sp³-hybridized carbons (Fsp3) is 0.588. The van der Waals surface area contributed by atoms with Gasteiger partial charge in [0.25, 0.3) is 6.02 Å². The molecule has 0 radical (unpaired) electrons. The summed E-state index contributed by atoms with van der Waals surface area (Å²) in [7, 11) is 1.74. The third-order valence-corrected chi connectivity index (χ3v) is 6.06. The fourth-order valence-corrected chi connectivity index (χ4v) is 4.78. The Kier molecular flexibility index (Phi) is 2.79. The second-order valence-corrected chi connectivity index (χ2v) is 7.47. The molecule has 2 N–H and O–H groups in total. The number of amidine groups is 1. The Balaban J connectivity index is 1.90. The number of hydrogen-bond donors (Lipinski definition) is 1. The van der Waals surface area contributed by atoms with Crippen LogP contribution in [0.5, 0.6) is 0 Å². The molecule has 0 amide bonds. The molecule has 4 rings (SSSR count). The van der Waals surface area contributed by atoms with Gasteiger partial charge in [0.2, 0.25) is 0 Å². The molecule has 1 fully saturated rings. The smallest absolute Gasteiger partial charge is 0.283 e. The zero-order valence-electron chi connectivity index (χ0n) is 14.6. The summed E-state index contributed by atoms with van der Waals surface area (Å²) >= 11 is 3.52. The minimum absolute atomic E-state index is 0.0546. The van der Waals surface area contributed by atoms with Crippen molar-refractivity contribution in [2.75, 3.05) is 13.7 Å². The molecule has 1 unspecified atom stereocenters. The molecule has 0 bridgehead atoms. The minimum Gasteiger partial charge on any atom is -0.462 e. The lowest BCUT2D eigenvalue weighted by molar-refractivity contribution is -0.00984. The zero-order valence-corrected chi connectivity index (χ0v) is 14.1. The van der Waals surface area contributed by atoms with Crippen LogP contribution in [0.3, 0.4) is 0 Å². The van der Waals surface area contributed by atoms with Crippen LogP contribution in [0.25, 0.3) is 0 Å². The number of methoxy groups -OCH3 is 1. The van der Waals surface area contributed by atoms with Gasteiger partial charge in [-0.05, 0) is 55.4 Å². The maximum Gasteiger partial charge on any atom is 0.283 e. The molecule has 2 spiro atoms. The number of nitrogens with zero attached hydrogens (tertiary/aromatic N) is 1. The summed E-state index contributed by atoms with van der Waals surface area (Å²) in [4.78, 5) is 4.62. The molecule has 1 heterocycles. The molecule has 1 saturated carbocycles. The van der Waals surface area contributed by atoms with Crippen LogP contribution in [0.2, 0.25) is 0 Å². The molecule has 2 aliphatic carbocycles. The highest BCUT2D eigenvalue weighted by Crippen LogP contribution is 2.61. The lowest BCUT2D eigenvalue weighted by Crippen LogP contribution is -2.46. The molecule has 0 saturated heterocycles. The quantitative estimate of drug-likeness (QED) is 0.830. The van der Waals surface area contributed by atoms with E-state index < -0.39 is 12.1 Å². The van der Waals surface area contributed by atoms with Crippen molar-refractivity contribution in [3.63, 3.8) is 0 Å². The number of rotatable bonds is 1. The van der Waals surface area contributed by atoms with Gasteiger partial charge in [0.15, 0.2) is 0 Å². The molecule has 118 valence electrons. The van der Waals surface area contributed by atoms with Gasteiger partial charge in [-0.25, -0.2) is 4.99 Å². The van der Waals surface area contributed by atoms with Crippen molar-refractivity contribution < 1.29 is 12.2 Å². The van der Waals surface area contributed by atoms with Crippen molar-refractivity contribution >= 4 is 22.0 Å². The molecule has 1 aromatic carbocycles. The van der Waals surface area contributed by atoms with E-state index in [0.717, 1.165) is 47.7 Å². The summed E-state index contributed by atoms with van der Waals surface area (Å²) in [6.07, 6.45) is 4.52. The highest BCUT2D eigenvalue weighted by Gasteiger charge is 2.61. The number of aliphatic imine (C=N–C) groups is 1. The van der Waals surface area contributed by atoms with Crippen LogP contribution < -0.4 is 5.73 Å². The number of halogens is 1. The van der Waals surface area contributed by atoms with E-state index in [1.165, 1.54) is 0 Å². The largest absolute Gasteiger partial charge is 0.462 e. The van der Waals surface area contributed by atoms with Gasteiger partial charge in [-0.3, -0.25) is 0 Å². The molecule has 1 atom stereocenters. The van der Waals surface area contributed by atoms with Crippen LogP contribution in [0, 0.1) is 5.41 Å². The number of ether oxygens (including phenoxy) is 2. The monoisotopic (exact) mass is 366 g/mol. The van der Waals surface area contributed by atoms with E-state index in [-0.39, 0.29) is 17.5 Å². The number of hydrogen-bond acceptors (Lipinski definition) is 4.